The second-order valence-corrected chi connectivity index (χ2v) is 4.38. The van der Waals surface area contributed by atoms with E-state index in [2.05, 4.69) is 37.4 Å². The third kappa shape index (κ3) is 11.1. The normalized spacial score (nSPS) is 8.17. The Balaban J connectivity index is -0.000001000. The van der Waals surface area contributed by atoms with Gasteiger partial charge in [-0.1, -0.05) is 36.4 Å². The second kappa shape index (κ2) is 17.1. The standard InChI is InChI=1S/C18H18O.4Na.4H/c1-3-5-15-7-11-17(12-8-15)19-18-13-9-16(6-4-2)10-14-18;;;;;;;;/h3-4,7-14H,1-2,5-6H2;;;;;;;;. The van der Waals surface area contributed by atoms with Crippen molar-refractivity contribution < 1.29 is 4.74 Å². The summed E-state index contributed by atoms with van der Waals surface area (Å²) in [5.41, 5.74) is 2.48. The summed E-state index contributed by atoms with van der Waals surface area (Å²) in [6.45, 7) is 7.46. The van der Waals surface area contributed by atoms with Crippen molar-refractivity contribution in [2.75, 3.05) is 0 Å². The van der Waals surface area contributed by atoms with Gasteiger partial charge in [0.05, 0.1) is 0 Å². The van der Waals surface area contributed by atoms with Gasteiger partial charge in [-0.2, -0.15) is 0 Å². The summed E-state index contributed by atoms with van der Waals surface area (Å²) in [5, 5.41) is 0. The second-order valence-electron chi connectivity index (χ2n) is 4.38. The summed E-state index contributed by atoms with van der Waals surface area (Å²) < 4.78 is 5.79. The van der Waals surface area contributed by atoms with Gasteiger partial charge in [0.2, 0.25) is 0 Å². The minimum atomic E-state index is 0. The van der Waals surface area contributed by atoms with Gasteiger partial charge in [0.25, 0.3) is 0 Å². The molecule has 5 heteroatoms. The van der Waals surface area contributed by atoms with Crippen LogP contribution in [0.4, 0.5) is 0 Å². The average Bonchev–Trinajstić information content (AvgIpc) is 2.44. The van der Waals surface area contributed by atoms with E-state index in [1.165, 1.54) is 11.1 Å². The summed E-state index contributed by atoms with van der Waals surface area (Å²) in [6, 6.07) is 16.2. The van der Waals surface area contributed by atoms with Crippen LogP contribution in [0.5, 0.6) is 11.5 Å². The molecule has 2 aromatic rings. The van der Waals surface area contributed by atoms with Crippen LogP contribution in [0.2, 0.25) is 0 Å². The maximum atomic E-state index is 5.79. The molecule has 0 saturated heterocycles. The van der Waals surface area contributed by atoms with Gasteiger partial charge in [0.15, 0.2) is 0 Å². The molecular formula is C18H22Na4O. The van der Waals surface area contributed by atoms with Crippen molar-refractivity contribution in [2.45, 2.75) is 12.8 Å². The molecule has 0 atom stereocenters. The van der Waals surface area contributed by atoms with Gasteiger partial charge in [-0.05, 0) is 48.2 Å². The first kappa shape index (κ1) is 29.5. The molecule has 104 valence electrons. The van der Waals surface area contributed by atoms with Crippen LogP contribution in [-0.4, -0.2) is 118 Å². The van der Waals surface area contributed by atoms with Gasteiger partial charge in [-0.15, -0.1) is 13.2 Å². The Kier molecular flexibility index (Phi) is 22.0. The summed E-state index contributed by atoms with van der Waals surface area (Å²) in [4.78, 5) is 0. The predicted octanol–water partition coefficient (Wildman–Crippen LogP) is 2.34. The zero-order chi connectivity index (χ0) is 13.5. The van der Waals surface area contributed by atoms with Crippen molar-refractivity contribution in [3.05, 3.63) is 85.0 Å². The van der Waals surface area contributed by atoms with E-state index in [1.54, 1.807) is 0 Å². The van der Waals surface area contributed by atoms with Gasteiger partial charge in [-0.3, -0.25) is 0 Å². The number of hydrogen-bond donors (Lipinski definition) is 0. The number of hydrogen-bond acceptors (Lipinski definition) is 1. The average molecular weight is 346 g/mol. The Morgan fingerprint density at radius 3 is 1.17 bits per heavy atom. The van der Waals surface area contributed by atoms with E-state index in [-0.39, 0.29) is 118 Å². The molecule has 1 nitrogen and oxygen atoms in total. The van der Waals surface area contributed by atoms with E-state index in [1.807, 2.05) is 36.4 Å². The Labute approximate surface area is 228 Å². The van der Waals surface area contributed by atoms with Crippen LogP contribution < -0.4 is 4.74 Å². The SMILES string of the molecule is C=CCc1ccc(Oc2ccc(CC=C)cc2)cc1.[NaH].[NaH].[NaH].[NaH]. The zero-order valence-electron chi connectivity index (χ0n) is 11.0. The first-order chi connectivity index (χ1) is 9.31. The third-order valence-electron chi connectivity index (χ3n) is 2.84. The van der Waals surface area contributed by atoms with Crippen LogP contribution in [0.25, 0.3) is 0 Å². The van der Waals surface area contributed by atoms with Crippen LogP contribution in [-0.2, 0) is 12.8 Å². The molecule has 0 amide bonds. The fourth-order valence-electron chi connectivity index (χ4n) is 1.86. The van der Waals surface area contributed by atoms with Crippen LogP contribution in [0.15, 0.2) is 73.8 Å². The van der Waals surface area contributed by atoms with E-state index in [9.17, 15) is 0 Å². The molecule has 0 unspecified atom stereocenters. The van der Waals surface area contributed by atoms with Crippen LogP contribution in [0, 0.1) is 0 Å². The molecule has 0 radical (unpaired) electrons. The molecule has 23 heavy (non-hydrogen) atoms. The molecule has 0 spiro atoms. The molecule has 0 heterocycles. The maximum absolute atomic E-state index is 5.79. The van der Waals surface area contributed by atoms with Gasteiger partial charge >= 0.3 is 118 Å². The van der Waals surface area contributed by atoms with Crippen molar-refractivity contribution >= 4 is 118 Å². The number of rotatable bonds is 6. The van der Waals surface area contributed by atoms with Crippen molar-refractivity contribution in [1.82, 2.24) is 0 Å². The Bertz CT molecular complexity index is 499. The Morgan fingerprint density at radius 1 is 0.609 bits per heavy atom. The topological polar surface area (TPSA) is 9.23 Å². The first-order valence-electron chi connectivity index (χ1n) is 6.39. The van der Waals surface area contributed by atoms with Gasteiger partial charge < -0.3 is 4.74 Å². The first-order valence-corrected chi connectivity index (χ1v) is 6.39. The Morgan fingerprint density at radius 2 is 0.913 bits per heavy atom. The summed E-state index contributed by atoms with van der Waals surface area (Å²) in [7, 11) is 0. The van der Waals surface area contributed by atoms with E-state index in [0.29, 0.717) is 0 Å². The van der Waals surface area contributed by atoms with Gasteiger partial charge in [0.1, 0.15) is 11.5 Å². The van der Waals surface area contributed by atoms with Gasteiger partial charge in [-0.25, -0.2) is 0 Å². The molecule has 0 aliphatic carbocycles. The third-order valence-corrected chi connectivity index (χ3v) is 2.84. The summed E-state index contributed by atoms with van der Waals surface area (Å²) in [5.74, 6) is 1.70. The van der Waals surface area contributed by atoms with E-state index in [0.717, 1.165) is 24.3 Å². The van der Waals surface area contributed by atoms with Crippen LogP contribution in [0.1, 0.15) is 11.1 Å². The predicted molar refractivity (Wildman–Crippen MR) is 109 cm³/mol. The molecular weight excluding hydrogens is 324 g/mol. The van der Waals surface area contributed by atoms with E-state index < -0.39 is 0 Å². The summed E-state index contributed by atoms with van der Waals surface area (Å²) in [6.07, 6.45) is 5.56. The fourth-order valence-corrected chi connectivity index (χ4v) is 1.86. The van der Waals surface area contributed by atoms with Crippen molar-refractivity contribution in [3.63, 3.8) is 0 Å². The number of allylic oxidation sites excluding steroid dienone is 2. The summed E-state index contributed by atoms with van der Waals surface area (Å²) >= 11 is 0. The van der Waals surface area contributed by atoms with Crippen molar-refractivity contribution in [2.24, 2.45) is 0 Å². The monoisotopic (exact) mass is 346 g/mol. The number of benzene rings is 2. The number of ether oxygens (including phenoxy) is 1. The zero-order valence-corrected chi connectivity index (χ0v) is 11.0. The molecule has 0 fully saturated rings. The van der Waals surface area contributed by atoms with E-state index in [4.69, 9.17) is 4.74 Å². The molecule has 0 aliphatic heterocycles. The molecule has 2 aromatic carbocycles. The fraction of sp³-hybridized carbons (Fsp3) is 0.111. The van der Waals surface area contributed by atoms with Crippen LogP contribution >= 0.6 is 0 Å². The molecule has 0 saturated carbocycles. The minimum absolute atomic E-state index is 0. The van der Waals surface area contributed by atoms with Crippen molar-refractivity contribution in [3.8, 4) is 11.5 Å². The molecule has 2 rings (SSSR count). The van der Waals surface area contributed by atoms with E-state index >= 15 is 0 Å². The van der Waals surface area contributed by atoms with Gasteiger partial charge in [0, 0.05) is 0 Å². The molecule has 0 aromatic heterocycles. The molecule has 0 aliphatic rings. The van der Waals surface area contributed by atoms with Crippen molar-refractivity contribution in [1.29, 1.82) is 0 Å². The quantitative estimate of drug-likeness (QED) is 0.576. The molecule has 0 bridgehead atoms. The van der Waals surface area contributed by atoms with Crippen LogP contribution in [0.3, 0.4) is 0 Å². The Hall–Kier alpha value is 1.72. The molecule has 0 N–H and O–H groups in total.